The highest BCUT2D eigenvalue weighted by molar-refractivity contribution is 5.39. The van der Waals surface area contributed by atoms with Gasteiger partial charge in [-0.15, -0.1) is 0 Å². The maximum Gasteiger partial charge on any atom is 0.130 e. The Morgan fingerprint density at radius 1 is 1.09 bits per heavy atom. The van der Waals surface area contributed by atoms with Gasteiger partial charge in [-0.25, -0.2) is 8.78 Å². The van der Waals surface area contributed by atoms with Gasteiger partial charge in [-0.05, 0) is 37.6 Å². The van der Waals surface area contributed by atoms with Gasteiger partial charge in [-0.3, -0.25) is 0 Å². The molecule has 0 bridgehead atoms. The van der Waals surface area contributed by atoms with E-state index in [-0.39, 0.29) is 11.7 Å². The molecule has 0 aliphatic heterocycles. The largest absolute Gasteiger partial charge is 0.491 e. The second kappa shape index (κ2) is 7.04. The highest BCUT2D eigenvalue weighted by atomic mass is 19.1. The molecule has 2 aromatic rings. The van der Waals surface area contributed by atoms with Crippen LogP contribution in [0.2, 0.25) is 0 Å². The minimum atomic E-state index is -0.780. The molecule has 0 aliphatic carbocycles. The van der Waals surface area contributed by atoms with E-state index in [4.69, 9.17) is 4.74 Å². The Labute approximate surface area is 129 Å². The number of hydrogen-bond acceptors (Lipinski definition) is 2. The first kappa shape index (κ1) is 16.0. The van der Waals surface area contributed by atoms with E-state index in [1.165, 1.54) is 6.07 Å². The van der Waals surface area contributed by atoms with Gasteiger partial charge in [0.15, 0.2) is 0 Å². The fraction of sp³-hybridized carbons (Fsp3) is 0.222. The fourth-order valence-electron chi connectivity index (χ4n) is 2.07. The SMILES string of the molecule is CC(C)Oc1ccc([CH]C(C#N)c2ccc(F)cc2F)cc1. The van der Waals surface area contributed by atoms with Gasteiger partial charge in [0, 0.05) is 18.1 Å². The van der Waals surface area contributed by atoms with Gasteiger partial charge in [0.1, 0.15) is 17.4 Å². The molecule has 1 unspecified atom stereocenters. The molecule has 0 amide bonds. The highest BCUT2D eigenvalue weighted by Gasteiger charge is 2.17. The summed E-state index contributed by atoms with van der Waals surface area (Å²) >= 11 is 0. The van der Waals surface area contributed by atoms with E-state index in [9.17, 15) is 14.0 Å². The molecule has 0 saturated carbocycles. The minimum Gasteiger partial charge on any atom is -0.491 e. The Bertz CT molecular complexity index is 674. The Kier molecular flexibility index (Phi) is 5.11. The minimum absolute atomic E-state index is 0.0787. The molecule has 0 heterocycles. The van der Waals surface area contributed by atoms with Crippen molar-refractivity contribution in [2.45, 2.75) is 25.9 Å². The Morgan fingerprint density at radius 2 is 1.77 bits per heavy atom. The number of hydrogen-bond donors (Lipinski definition) is 0. The van der Waals surface area contributed by atoms with Crippen LogP contribution in [0.3, 0.4) is 0 Å². The molecule has 1 atom stereocenters. The van der Waals surface area contributed by atoms with Crippen LogP contribution in [0.4, 0.5) is 8.78 Å². The highest BCUT2D eigenvalue weighted by Crippen LogP contribution is 2.26. The van der Waals surface area contributed by atoms with Crippen molar-refractivity contribution in [2.24, 2.45) is 0 Å². The number of benzene rings is 2. The molecule has 113 valence electrons. The zero-order valence-electron chi connectivity index (χ0n) is 12.4. The van der Waals surface area contributed by atoms with Crippen LogP contribution in [-0.2, 0) is 0 Å². The summed E-state index contributed by atoms with van der Waals surface area (Å²) in [5.41, 5.74) is 0.929. The third-order valence-corrected chi connectivity index (χ3v) is 3.05. The summed E-state index contributed by atoms with van der Waals surface area (Å²) in [6.07, 6.45) is 1.71. The second-order valence-corrected chi connectivity index (χ2v) is 5.17. The summed E-state index contributed by atoms with van der Waals surface area (Å²) in [4.78, 5) is 0. The molecule has 0 aliphatic rings. The number of nitriles is 1. The second-order valence-electron chi connectivity index (χ2n) is 5.17. The molecule has 4 heteroatoms. The topological polar surface area (TPSA) is 33.0 Å². The standard InChI is InChI=1S/C18H16F2NO/c1-12(2)22-16-6-3-13(4-7-16)9-14(11-21)17-8-5-15(19)10-18(17)20/h3-10,12,14H,1-2H3. The van der Waals surface area contributed by atoms with Crippen molar-refractivity contribution < 1.29 is 13.5 Å². The average Bonchev–Trinajstić information content (AvgIpc) is 2.46. The van der Waals surface area contributed by atoms with Crippen molar-refractivity contribution in [3.05, 3.63) is 71.6 Å². The monoisotopic (exact) mass is 300 g/mol. The van der Waals surface area contributed by atoms with Gasteiger partial charge in [-0.1, -0.05) is 18.2 Å². The van der Waals surface area contributed by atoms with Gasteiger partial charge < -0.3 is 4.74 Å². The quantitative estimate of drug-likeness (QED) is 0.807. The molecule has 2 aromatic carbocycles. The van der Waals surface area contributed by atoms with E-state index in [1.807, 2.05) is 19.9 Å². The summed E-state index contributed by atoms with van der Waals surface area (Å²) in [7, 11) is 0. The zero-order chi connectivity index (χ0) is 16.1. The van der Waals surface area contributed by atoms with Crippen LogP contribution >= 0.6 is 0 Å². The predicted octanol–water partition coefficient (Wildman–Crippen LogP) is 4.61. The summed E-state index contributed by atoms with van der Waals surface area (Å²) < 4.78 is 32.2. The summed E-state index contributed by atoms with van der Waals surface area (Å²) in [6, 6.07) is 12.4. The van der Waals surface area contributed by atoms with E-state index < -0.39 is 17.6 Å². The number of rotatable bonds is 5. The Balaban J connectivity index is 2.15. The number of ether oxygens (including phenoxy) is 1. The van der Waals surface area contributed by atoms with Crippen molar-refractivity contribution in [1.82, 2.24) is 0 Å². The Morgan fingerprint density at radius 3 is 2.32 bits per heavy atom. The molecule has 22 heavy (non-hydrogen) atoms. The molecule has 1 radical (unpaired) electrons. The van der Waals surface area contributed by atoms with E-state index in [1.54, 1.807) is 30.7 Å². The normalized spacial score (nSPS) is 12.0. The van der Waals surface area contributed by atoms with Crippen LogP contribution in [0.15, 0.2) is 42.5 Å². The van der Waals surface area contributed by atoms with Crippen molar-refractivity contribution in [2.75, 3.05) is 0 Å². The van der Waals surface area contributed by atoms with Crippen molar-refractivity contribution in [3.8, 4) is 11.8 Å². The molecule has 0 fully saturated rings. The average molecular weight is 300 g/mol. The van der Waals surface area contributed by atoms with E-state index >= 15 is 0 Å². The first-order valence-electron chi connectivity index (χ1n) is 6.95. The molecular formula is C18H16F2NO. The van der Waals surface area contributed by atoms with Crippen molar-refractivity contribution in [1.29, 1.82) is 5.26 Å². The van der Waals surface area contributed by atoms with Gasteiger partial charge in [-0.2, -0.15) is 5.26 Å². The van der Waals surface area contributed by atoms with Gasteiger partial charge in [0.2, 0.25) is 0 Å². The van der Waals surface area contributed by atoms with Crippen LogP contribution < -0.4 is 4.74 Å². The van der Waals surface area contributed by atoms with E-state index in [0.29, 0.717) is 0 Å². The molecule has 2 nitrogen and oxygen atoms in total. The number of nitrogens with zero attached hydrogens (tertiary/aromatic N) is 1. The third-order valence-electron chi connectivity index (χ3n) is 3.05. The Hall–Kier alpha value is -2.41. The lowest BCUT2D eigenvalue weighted by Gasteiger charge is -2.12. The summed E-state index contributed by atoms with van der Waals surface area (Å²) in [5.74, 6) is -1.43. The predicted molar refractivity (Wildman–Crippen MR) is 80.3 cm³/mol. The first-order valence-corrected chi connectivity index (χ1v) is 6.95. The van der Waals surface area contributed by atoms with Crippen LogP contribution in [0.25, 0.3) is 0 Å². The van der Waals surface area contributed by atoms with Crippen molar-refractivity contribution >= 4 is 0 Å². The van der Waals surface area contributed by atoms with Crippen molar-refractivity contribution in [3.63, 3.8) is 0 Å². The zero-order valence-corrected chi connectivity index (χ0v) is 12.4. The maximum atomic E-state index is 13.8. The molecule has 0 spiro atoms. The lowest BCUT2D eigenvalue weighted by molar-refractivity contribution is 0.242. The van der Waals surface area contributed by atoms with Gasteiger partial charge in [0.05, 0.1) is 18.1 Å². The molecule has 0 saturated heterocycles. The van der Waals surface area contributed by atoms with Crippen LogP contribution in [0.1, 0.15) is 30.9 Å². The van der Waals surface area contributed by atoms with Gasteiger partial charge >= 0.3 is 0 Å². The number of halogens is 2. The summed E-state index contributed by atoms with van der Waals surface area (Å²) in [6.45, 7) is 3.87. The molecular weight excluding hydrogens is 284 g/mol. The lowest BCUT2D eigenvalue weighted by Crippen LogP contribution is -2.05. The van der Waals surface area contributed by atoms with Crippen LogP contribution in [-0.4, -0.2) is 6.10 Å². The molecule has 0 N–H and O–H groups in total. The van der Waals surface area contributed by atoms with Crippen LogP contribution in [0.5, 0.6) is 5.75 Å². The van der Waals surface area contributed by atoms with E-state index in [0.717, 1.165) is 23.4 Å². The summed E-state index contributed by atoms with van der Waals surface area (Å²) in [5, 5.41) is 9.24. The van der Waals surface area contributed by atoms with Crippen LogP contribution in [0, 0.1) is 29.4 Å². The van der Waals surface area contributed by atoms with Gasteiger partial charge in [0.25, 0.3) is 0 Å². The fourth-order valence-corrected chi connectivity index (χ4v) is 2.07. The maximum absolute atomic E-state index is 13.8. The molecule has 2 rings (SSSR count). The van der Waals surface area contributed by atoms with E-state index in [2.05, 4.69) is 0 Å². The lowest BCUT2D eigenvalue weighted by atomic mass is 9.93. The third kappa shape index (κ3) is 4.05. The first-order chi connectivity index (χ1) is 10.5. The smallest absolute Gasteiger partial charge is 0.130 e. The molecule has 0 aromatic heterocycles.